The van der Waals surface area contributed by atoms with Gasteiger partial charge in [-0.2, -0.15) is 0 Å². The Morgan fingerprint density at radius 1 is 1.03 bits per heavy atom. The van der Waals surface area contributed by atoms with E-state index in [2.05, 4.69) is 5.32 Å². The fourth-order valence-corrected chi connectivity index (χ4v) is 4.67. The van der Waals surface area contributed by atoms with Gasteiger partial charge in [0.2, 0.25) is 5.91 Å². The van der Waals surface area contributed by atoms with Gasteiger partial charge >= 0.3 is 0 Å². The number of sulfonamides is 1. The first-order valence-electron chi connectivity index (χ1n) is 9.55. The number of amides is 1. The molecule has 3 rings (SSSR count). The van der Waals surface area contributed by atoms with Gasteiger partial charge in [0.25, 0.3) is 10.0 Å². The van der Waals surface area contributed by atoms with E-state index >= 15 is 0 Å². The number of hydrogen-bond donors (Lipinski definition) is 1. The molecule has 0 aliphatic carbocycles. The molecule has 3 aromatic carbocycles. The van der Waals surface area contributed by atoms with E-state index in [1.807, 2.05) is 0 Å². The van der Waals surface area contributed by atoms with Crippen LogP contribution in [-0.2, 0) is 21.4 Å². The number of nitrogens with zero attached hydrogens (tertiary/aromatic N) is 1. The maximum absolute atomic E-state index is 13.4. The van der Waals surface area contributed by atoms with Gasteiger partial charge in [-0.25, -0.2) is 8.42 Å². The zero-order chi connectivity index (χ0) is 22.4. The first kappa shape index (κ1) is 22.7. The molecule has 0 aromatic heterocycles. The second-order valence-electron chi connectivity index (χ2n) is 6.88. The molecular formula is C23H23ClN2O4S. The first-order valence-corrected chi connectivity index (χ1v) is 11.4. The van der Waals surface area contributed by atoms with Crippen LogP contribution in [0.1, 0.15) is 11.1 Å². The Hall–Kier alpha value is -3.03. The zero-order valence-electron chi connectivity index (χ0n) is 17.2. The van der Waals surface area contributed by atoms with Crippen LogP contribution in [0.4, 0.5) is 5.69 Å². The Balaban J connectivity index is 1.85. The number of carbonyl (C=O) groups excluding carboxylic acids is 1. The second-order valence-corrected chi connectivity index (χ2v) is 9.18. The number of anilines is 1. The number of para-hydroxylation sites is 1. The van der Waals surface area contributed by atoms with Gasteiger partial charge < -0.3 is 10.1 Å². The number of ether oxygens (including phenoxy) is 1. The van der Waals surface area contributed by atoms with E-state index in [1.54, 1.807) is 67.6 Å². The predicted molar refractivity (Wildman–Crippen MR) is 122 cm³/mol. The summed E-state index contributed by atoms with van der Waals surface area (Å²) in [7, 11) is -2.46. The van der Waals surface area contributed by atoms with Crippen molar-refractivity contribution in [3.63, 3.8) is 0 Å². The highest BCUT2D eigenvalue weighted by molar-refractivity contribution is 7.92. The van der Waals surface area contributed by atoms with Gasteiger partial charge in [-0.1, -0.05) is 41.9 Å². The van der Waals surface area contributed by atoms with Crippen LogP contribution in [0.3, 0.4) is 0 Å². The molecule has 162 valence electrons. The number of hydrogen-bond acceptors (Lipinski definition) is 4. The average molecular weight is 459 g/mol. The molecule has 0 radical (unpaired) electrons. The standard InChI is InChI=1S/C23H23ClN2O4S/c1-17-14-21(12-13-22(17)30-2)31(28,29)26(20-6-4-3-5-7-20)16-23(27)25-15-18-8-10-19(24)11-9-18/h3-14H,15-16H2,1-2H3,(H,25,27). The highest BCUT2D eigenvalue weighted by atomic mass is 35.5. The predicted octanol–water partition coefficient (Wildman–Crippen LogP) is 4.17. The van der Waals surface area contributed by atoms with E-state index in [4.69, 9.17) is 16.3 Å². The van der Waals surface area contributed by atoms with Crippen LogP contribution in [0.2, 0.25) is 5.02 Å². The minimum absolute atomic E-state index is 0.0835. The summed E-state index contributed by atoms with van der Waals surface area (Å²) in [6, 6.07) is 20.2. The fraction of sp³-hybridized carbons (Fsp3) is 0.174. The number of carbonyl (C=O) groups is 1. The molecule has 0 fully saturated rings. The molecule has 0 spiro atoms. The summed E-state index contributed by atoms with van der Waals surface area (Å²) >= 11 is 5.88. The summed E-state index contributed by atoms with van der Waals surface area (Å²) < 4.78 is 33.2. The lowest BCUT2D eigenvalue weighted by atomic mass is 10.2. The van der Waals surface area contributed by atoms with Crippen molar-refractivity contribution >= 4 is 33.2 Å². The number of nitrogens with one attached hydrogen (secondary N) is 1. The van der Waals surface area contributed by atoms with Crippen molar-refractivity contribution in [2.75, 3.05) is 18.0 Å². The molecule has 0 aliphatic rings. The smallest absolute Gasteiger partial charge is 0.264 e. The third kappa shape index (κ3) is 5.57. The Bertz CT molecular complexity index is 1150. The van der Waals surface area contributed by atoms with E-state index in [1.165, 1.54) is 19.2 Å². The molecule has 8 heteroatoms. The average Bonchev–Trinajstić information content (AvgIpc) is 2.77. The summed E-state index contributed by atoms with van der Waals surface area (Å²) in [6.07, 6.45) is 0. The number of aryl methyl sites for hydroxylation is 1. The molecule has 1 amide bonds. The molecule has 31 heavy (non-hydrogen) atoms. The number of benzene rings is 3. The van der Waals surface area contributed by atoms with Crippen LogP contribution in [-0.4, -0.2) is 28.0 Å². The Kier molecular flexibility index (Phi) is 7.20. The molecule has 0 heterocycles. The monoisotopic (exact) mass is 458 g/mol. The van der Waals surface area contributed by atoms with Gasteiger partial charge in [-0.05, 0) is 60.5 Å². The largest absolute Gasteiger partial charge is 0.496 e. The van der Waals surface area contributed by atoms with Gasteiger partial charge in [0.1, 0.15) is 12.3 Å². The van der Waals surface area contributed by atoms with Crippen molar-refractivity contribution in [1.29, 1.82) is 0 Å². The van der Waals surface area contributed by atoms with E-state index < -0.39 is 15.9 Å². The van der Waals surface area contributed by atoms with Crippen LogP contribution in [0.15, 0.2) is 77.7 Å². The van der Waals surface area contributed by atoms with E-state index in [0.29, 0.717) is 22.0 Å². The maximum Gasteiger partial charge on any atom is 0.264 e. The van der Waals surface area contributed by atoms with Gasteiger partial charge in [0, 0.05) is 11.6 Å². The normalized spacial score (nSPS) is 11.1. The van der Waals surface area contributed by atoms with E-state index in [0.717, 1.165) is 9.87 Å². The Morgan fingerprint density at radius 2 is 1.71 bits per heavy atom. The molecule has 1 N–H and O–H groups in total. The van der Waals surface area contributed by atoms with Gasteiger partial charge in [0.15, 0.2) is 0 Å². The van der Waals surface area contributed by atoms with Crippen LogP contribution in [0.25, 0.3) is 0 Å². The van der Waals surface area contributed by atoms with E-state index in [9.17, 15) is 13.2 Å². The van der Waals surface area contributed by atoms with Crippen LogP contribution in [0.5, 0.6) is 5.75 Å². The minimum Gasteiger partial charge on any atom is -0.496 e. The maximum atomic E-state index is 13.4. The van der Waals surface area contributed by atoms with Crippen molar-refractivity contribution in [3.8, 4) is 5.75 Å². The second kappa shape index (κ2) is 9.85. The lowest BCUT2D eigenvalue weighted by Gasteiger charge is -2.24. The first-order chi connectivity index (χ1) is 14.8. The highest BCUT2D eigenvalue weighted by Gasteiger charge is 2.27. The van der Waals surface area contributed by atoms with Gasteiger partial charge in [-0.3, -0.25) is 9.10 Å². The topological polar surface area (TPSA) is 75.7 Å². The molecular weight excluding hydrogens is 436 g/mol. The third-order valence-electron chi connectivity index (χ3n) is 4.69. The lowest BCUT2D eigenvalue weighted by Crippen LogP contribution is -2.40. The fourth-order valence-electron chi connectivity index (χ4n) is 3.04. The summed E-state index contributed by atoms with van der Waals surface area (Å²) in [6.45, 7) is 1.68. The SMILES string of the molecule is COc1ccc(S(=O)(=O)N(CC(=O)NCc2ccc(Cl)cc2)c2ccccc2)cc1C. The lowest BCUT2D eigenvalue weighted by molar-refractivity contribution is -0.119. The van der Waals surface area contributed by atoms with Crippen LogP contribution < -0.4 is 14.4 Å². The quantitative estimate of drug-likeness (QED) is 0.549. The van der Waals surface area contributed by atoms with Crippen LogP contribution in [0, 0.1) is 6.92 Å². The van der Waals surface area contributed by atoms with Crippen molar-refractivity contribution in [2.24, 2.45) is 0 Å². The molecule has 0 saturated heterocycles. The molecule has 0 unspecified atom stereocenters. The summed E-state index contributed by atoms with van der Waals surface area (Å²) in [5, 5.41) is 3.37. The van der Waals surface area contributed by atoms with Crippen molar-refractivity contribution < 1.29 is 17.9 Å². The molecule has 0 atom stereocenters. The molecule has 0 saturated carbocycles. The van der Waals surface area contributed by atoms with E-state index in [-0.39, 0.29) is 18.0 Å². The van der Waals surface area contributed by atoms with Gasteiger partial charge in [0.05, 0.1) is 17.7 Å². The third-order valence-corrected chi connectivity index (χ3v) is 6.71. The summed E-state index contributed by atoms with van der Waals surface area (Å²) in [4.78, 5) is 12.7. The van der Waals surface area contributed by atoms with Crippen LogP contribution >= 0.6 is 11.6 Å². The highest BCUT2D eigenvalue weighted by Crippen LogP contribution is 2.27. The number of halogens is 1. The molecule has 0 bridgehead atoms. The Morgan fingerprint density at radius 3 is 2.32 bits per heavy atom. The zero-order valence-corrected chi connectivity index (χ0v) is 18.8. The van der Waals surface area contributed by atoms with Crippen molar-refractivity contribution in [1.82, 2.24) is 5.32 Å². The molecule has 3 aromatic rings. The van der Waals surface area contributed by atoms with Crippen molar-refractivity contribution in [2.45, 2.75) is 18.4 Å². The Labute approximate surface area is 187 Å². The van der Waals surface area contributed by atoms with Gasteiger partial charge in [-0.15, -0.1) is 0 Å². The number of methoxy groups -OCH3 is 1. The summed E-state index contributed by atoms with van der Waals surface area (Å²) in [5.41, 5.74) is 1.94. The minimum atomic E-state index is -3.99. The van der Waals surface area contributed by atoms with Crippen molar-refractivity contribution in [3.05, 3.63) is 88.9 Å². The molecule has 0 aliphatic heterocycles. The number of rotatable bonds is 8. The summed E-state index contributed by atoms with van der Waals surface area (Å²) in [5.74, 6) is 0.165. The molecule has 6 nitrogen and oxygen atoms in total.